The van der Waals surface area contributed by atoms with Crippen LogP contribution >= 0.6 is 16.5 Å². The summed E-state index contributed by atoms with van der Waals surface area (Å²) in [6, 6.07) is 0. The molecule has 0 amide bonds. The van der Waals surface area contributed by atoms with Crippen LogP contribution in [0.3, 0.4) is 0 Å². The van der Waals surface area contributed by atoms with Gasteiger partial charge in [0.05, 0.1) is 13.2 Å². The summed E-state index contributed by atoms with van der Waals surface area (Å²) < 4.78 is 29.5. The normalized spacial score (nSPS) is 15.5. The van der Waals surface area contributed by atoms with E-state index < -0.39 is 16.5 Å². The third kappa shape index (κ3) is 10.5. The van der Waals surface area contributed by atoms with Gasteiger partial charge in [0.2, 0.25) is 0 Å². The van der Waals surface area contributed by atoms with Crippen molar-refractivity contribution in [2.45, 2.75) is 6.92 Å². The van der Waals surface area contributed by atoms with E-state index in [4.69, 9.17) is 9.79 Å². The molecule has 15 heavy (non-hydrogen) atoms. The summed E-state index contributed by atoms with van der Waals surface area (Å²) in [4.78, 5) is 18.7. The minimum atomic E-state index is -2.86. The molecule has 2 N–H and O–H groups in total. The molecule has 2 unspecified atom stereocenters. The summed E-state index contributed by atoms with van der Waals surface area (Å²) in [5.41, 5.74) is 0. The predicted molar refractivity (Wildman–Crippen MR) is 56.5 cm³/mol. The molecule has 92 valence electrons. The molecular formula is C6H17NO6P2. The summed E-state index contributed by atoms with van der Waals surface area (Å²) in [5.74, 6) is 0. The highest BCUT2D eigenvalue weighted by Gasteiger charge is 2.03. The van der Waals surface area contributed by atoms with Gasteiger partial charge in [0.25, 0.3) is 0 Å². The molecule has 7 nitrogen and oxygen atoms in total. The van der Waals surface area contributed by atoms with E-state index in [2.05, 4.69) is 9.05 Å². The van der Waals surface area contributed by atoms with Gasteiger partial charge in [-0.25, -0.2) is 0 Å². The first kappa shape index (κ1) is 15.3. The van der Waals surface area contributed by atoms with Gasteiger partial charge in [-0.1, -0.05) is 6.92 Å². The van der Waals surface area contributed by atoms with E-state index in [0.29, 0.717) is 19.6 Å². The first-order chi connectivity index (χ1) is 7.06. The second-order valence-electron chi connectivity index (χ2n) is 2.66. The standard InChI is InChI=1S/C6H17NO6P2/c1-2-7(3-5-12-14(8)9)4-6-13-15(10)11/h14-15H,2-6H2,1H3,(H,8,9)(H,10,11). The van der Waals surface area contributed by atoms with Gasteiger partial charge >= 0.3 is 16.5 Å². The monoisotopic (exact) mass is 261 g/mol. The minimum absolute atomic E-state index is 0.163. The quantitative estimate of drug-likeness (QED) is 0.568. The van der Waals surface area contributed by atoms with Gasteiger partial charge in [-0.2, -0.15) is 0 Å². The van der Waals surface area contributed by atoms with Crippen LogP contribution in [0.4, 0.5) is 0 Å². The number of rotatable bonds is 9. The lowest BCUT2D eigenvalue weighted by molar-refractivity contribution is 0.176. The molecule has 0 rings (SSSR count). The Morgan fingerprint density at radius 3 is 1.73 bits per heavy atom. The Bertz CT molecular complexity index is 194. The second kappa shape index (κ2) is 9.48. The highest BCUT2D eigenvalue weighted by molar-refractivity contribution is 7.32. The van der Waals surface area contributed by atoms with Gasteiger partial charge < -0.3 is 18.8 Å². The highest BCUT2D eigenvalue weighted by atomic mass is 31.1. The maximum Gasteiger partial charge on any atom is 0.316 e. The molecule has 9 heteroatoms. The molecule has 0 saturated carbocycles. The molecule has 0 saturated heterocycles. The molecule has 0 aromatic heterocycles. The molecule has 0 radical (unpaired) electrons. The van der Waals surface area contributed by atoms with Crippen molar-refractivity contribution in [2.24, 2.45) is 0 Å². The molecule has 0 bridgehead atoms. The lowest BCUT2D eigenvalue weighted by Crippen LogP contribution is -2.30. The van der Waals surface area contributed by atoms with E-state index in [1.807, 2.05) is 11.8 Å². The summed E-state index contributed by atoms with van der Waals surface area (Å²) in [5, 5.41) is 0. The number of hydrogen-bond acceptors (Lipinski definition) is 5. The maximum absolute atomic E-state index is 10.2. The maximum atomic E-state index is 10.2. The average molecular weight is 261 g/mol. The van der Waals surface area contributed by atoms with E-state index in [9.17, 15) is 9.13 Å². The van der Waals surface area contributed by atoms with Crippen molar-refractivity contribution in [3.8, 4) is 0 Å². The van der Waals surface area contributed by atoms with Gasteiger partial charge in [0.15, 0.2) is 0 Å². The number of likely N-dealkylation sites (N-methyl/N-ethyl adjacent to an activating group) is 1. The summed E-state index contributed by atoms with van der Waals surface area (Å²) >= 11 is 0. The predicted octanol–water partition coefficient (Wildman–Crippen LogP) is 0.105. The van der Waals surface area contributed by atoms with Crippen molar-refractivity contribution in [1.29, 1.82) is 0 Å². The third-order valence-corrected chi connectivity index (χ3v) is 2.62. The van der Waals surface area contributed by atoms with Crippen molar-refractivity contribution in [2.75, 3.05) is 32.8 Å². The van der Waals surface area contributed by atoms with Gasteiger partial charge in [-0.15, -0.1) is 0 Å². The van der Waals surface area contributed by atoms with E-state index in [1.165, 1.54) is 0 Å². The van der Waals surface area contributed by atoms with Crippen molar-refractivity contribution in [1.82, 2.24) is 4.90 Å². The smallest absolute Gasteiger partial charge is 0.316 e. The van der Waals surface area contributed by atoms with Crippen LogP contribution < -0.4 is 0 Å². The van der Waals surface area contributed by atoms with E-state index >= 15 is 0 Å². The van der Waals surface area contributed by atoms with E-state index in [-0.39, 0.29) is 13.2 Å². The average Bonchev–Trinajstić information content (AvgIpc) is 2.14. The molecule has 0 fully saturated rings. The second-order valence-corrected chi connectivity index (χ2v) is 4.30. The van der Waals surface area contributed by atoms with Gasteiger partial charge in [0, 0.05) is 13.1 Å². The lowest BCUT2D eigenvalue weighted by atomic mass is 10.5. The van der Waals surface area contributed by atoms with Gasteiger partial charge in [0.1, 0.15) is 0 Å². The SMILES string of the molecule is CCN(CCO[PH](=O)O)CCO[PH](=O)O. The molecule has 0 aromatic rings. The van der Waals surface area contributed by atoms with E-state index in [1.54, 1.807) is 0 Å². The van der Waals surface area contributed by atoms with E-state index in [0.717, 1.165) is 0 Å². The Morgan fingerprint density at radius 2 is 1.47 bits per heavy atom. The molecular weight excluding hydrogens is 244 g/mol. The first-order valence-electron chi connectivity index (χ1n) is 4.50. The molecule has 0 aliphatic carbocycles. The Hall–Kier alpha value is 0.260. The van der Waals surface area contributed by atoms with Crippen LogP contribution in [-0.4, -0.2) is 47.5 Å². The molecule has 0 spiro atoms. The Labute approximate surface area is 89.9 Å². The third-order valence-electron chi connectivity index (χ3n) is 1.71. The number of nitrogens with zero attached hydrogens (tertiary/aromatic N) is 1. The van der Waals surface area contributed by atoms with Gasteiger partial charge in [-0.05, 0) is 6.54 Å². The van der Waals surface area contributed by atoms with Crippen molar-refractivity contribution in [3.05, 3.63) is 0 Å². The van der Waals surface area contributed by atoms with Crippen LogP contribution in [0.5, 0.6) is 0 Å². The molecule has 0 aliphatic rings. The zero-order chi connectivity index (χ0) is 11.7. The summed E-state index contributed by atoms with van der Waals surface area (Å²) in [6.07, 6.45) is 0. The van der Waals surface area contributed by atoms with Crippen molar-refractivity contribution in [3.63, 3.8) is 0 Å². The van der Waals surface area contributed by atoms with Crippen molar-refractivity contribution < 1.29 is 28.0 Å². The van der Waals surface area contributed by atoms with Crippen molar-refractivity contribution >= 4 is 16.5 Å². The van der Waals surface area contributed by atoms with Crippen LogP contribution in [0.15, 0.2) is 0 Å². The minimum Gasteiger partial charge on any atom is -0.326 e. The summed E-state index contributed by atoms with van der Waals surface area (Å²) in [6.45, 7) is 3.93. The molecule has 0 aromatic carbocycles. The topological polar surface area (TPSA) is 96.3 Å². The van der Waals surface area contributed by atoms with Gasteiger partial charge in [-0.3, -0.25) is 14.0 Å². The largest absolute Gasteiger partial charge is 0.326 e. The first-order valence-corrected chi connectivity index (χ1v) is 7.02. The summed E-state index contributed by atoms with van der Waals surface area (Å²) in [7, 11) is -5.73. The molecule has 2 atom stereocenters. The van der Waals surface area contributed by atoms with Crippen LogP contribution in [-0.2, 0) is 18.2 Å². The fraction of sp³-hybridized carbons (Fsp3) is 1.00. The number of hydrogen-bond donors (Lipinski definition) is 2. The molecule has 0 aliphatic heterocycles. The Morgan fingerprint density at radius 1 is 1.07 bits per heavy atom. The highest BCUT2D eigenvalue weighted by Crippen LogP contribution is 2.14. The fourth-order valence-electron chi connectivity index (χ4n) is 0.952. The van der Waals surface area contributed by atoms with Crippen LogP contribution in [0.1, 0.15) is 6.92 Å². The fourth-order valence-corrected chi connectivity index (χ4v) is 1.48. The zero-order valence-corrected chi connectivity index (χ0v) is 10.5. The lowest BCUT2D eigenvalue weighted by Gasteiger charge is -2.19. The molecule has 0 heterocycles. The van der Waals surface area contributed by atoms with Crippen LogP contribution in [0.25, 0.3) is 0 Å². The van der Waals surface area contributed by atoms with Crippen LogP contribution in [0, 0.1) is 0 Å². The zero-order valence-electron chi connectivity index (χ0n) is 8.51. The Kier molecular flexibility index (Phi) is 9.65. The Balaban J connectivity index is 3.54. The van der Waals surface area contributed by atoms with Crippen LogP contribution in [0.2, 0.25) is 0 Å².